The first-order valence-electron chi connectivity index (χ1n) is 6.49. The van der Waals surface area contributed by atoms with Gasteiger partial charge in [0.25, 0.3) is 5.91 Å². The van der Waals surface area contributed by atoms with Crippen LogP contribution < -0.4 is 16.4 Å². The van der Waals surface area contributed by atoms with E-state index in [1.807, 2.05) is 13.2 Å². The van der Waals surface area contributed by atoms with Gasteiger partial charge in [0, 0.05) is 13.1 Å². The van der Waals surface area contributed by atoms with E-state index in [2.05, 4.69) is 24.5 Å². The summed E-state index contributed by atoms with van der Waals surface area (Å²) in [5, 5.41) is 7.25. The Bertz CT molecular complexity index is 430. The monoisotopic (exact) mass is 301 g/mol. The third kappa shape index (κ3) is 4.31. The van der Waals surface area contributed by atoms with Gasteiger partial charge in [0.05, 0.1) is 10.6 Å². The second kappa shape index (κ2) is 7.65. The number of amides is 1. The number of carbonyl (C=O) groups is 1. The van der Waals surface area contributed by atoms with Gasteiger partial charge in [-0.1, -0.05) is 20.8 Å². The number of nitrogen functional groups attached to an aromatic ring is 1. The number of nitrogens with two attached hydrogens (primary N) is 1. The molecule has 1 rings (SSSR count). The van der Waals surface area contributed by atoms with E-state index < -0.39 is 0 Å². The molecule has 0 saturated carbocycles. The normalized spacial score (nSPS) is 10.8. The Morgan fingerprint density at radius 2 is 2.16 bits per heavy atom. The van der Waals surface area contributed by atoms with Crippen molar-refractivity contribution in [1.29, 1.82) is 0 Å². The minimum atomic E-state index is -0.0720. The molecule has 6 heteroatoms. The van der Waals surface area contributed by atoms with E-state index in [4.69, 9.17) is 5.73 Å². The van der Waals surface area contributed by atoms with Crippen LogP contribution in [0.5, 0.6) is 0 Å². The Kier molecular flexibility index (Phi) is 6.51. The van der Waals surface area contributed by atoms with E-state index in [0.29, 0.717) is 23.0 Å². The summed E-state index contributed by atoms with van der Waals surface area (Å²) < 4.78 is 0. The molecule has 0 aliphatic heterocycles. The van der Waals surface area contributed by atoms with E-state index in [1.54, 1.807) is 11.8 Å². The van der Waals surface area contributed by atoms with Crippen molar-refractivity contribution in [3.8, 4) is 0 Å². The number of rotatable bonds is 7. The minimum Gasteiger partial charge on any atom is -0.396 e. The van der Waals surface area contributed by atoms with Crippen molar-refractivity contribution in [3.05, 3.63) is 4.88 Å². The molecule has 4 N–H and O–H groups in total. The second-order valence-electron chi connectivity index (χ2n) is 4.74. The number of hydrogen-bond acceptors (Lipinski definition) is 5. The highest BCUT2D eigenvalue weighted by atomic mass is 32.2. The van der Waals surface area contributed by atoms with Crippen molar-refractivity contribution in [3.63, 3.8) is 0 Å². The number of thioether (sulfide) groups is 1. The Balaban J connectivity index is 2.91. The lowest BCUT2D eigenvalue weighted by Gasteiger charge is -2.08. The third-order valence-corrected chi connectivity index (χ3v) is 4.64. The average molecular weight is 301 g/mol. The van der Waals surface area contributed by atoms with Gasteiger partial charge in [0.2, 0.25) is 0 Å². The summed E-state index contributed by atoms with van der Waals surface area (Å²) in [5.74, 6) is 0.479. The van der Waals surface area contributed by atoms with Crippen molar-refractivity contribution in [2.45, 2.75) is 32.1 Å². The first kappa shape index (κ1) is 16.2. The second-order valence-corrected chi connectivity index (χ2v) is 6.57. The number of thiophene rings is 1. The Morgan fingerprint density at radius 1 is 1.47 bits per heavy atom. The molecule has 1 aromatic rings. The van der Waals surface area contributed by atoms with Crippen molar-refractivity contribution in [2.24, 2.45) is 5.92 Å². The highest BCUT2D eigenvalue weighted by Gasteiger charge is 2.20. The fourth-order valence-electron chi connectivity index (χ4n) is 1.53. The van der Waals surface area contributed by atoms with Gasteiger partial charge in [-0.3, -0.25) is 4.79 Å². The molecule has 1 heterocycles. The van der Waals surface area contributed by atoms with Gasteiger partial charge in [-0.15, -0.1) is 23.1 Å². The first-order valence-corrected chi connectivity index (χ1v) is 8.53. The fraction of sp³-hybridized carbons (Fsp3) is 0.615. The van der Waals surface area contributed by atoms with Gasteiger partial charge in [0.1, 0.15) is 9.88 Å². The molecule has 0 unspecified atom stereocenters. The van der Waals surface area contributed by atoms with Crippen molar-refractivity contribution in [2.75, 3.05) is 30.4 Å². The maximum Gasteiger partial charge on any atom is 0.263 e. The van der Waals surface area contributed by atoms with Crippen LogP contribution >= 0.6 is 23.1 Å². The average Bonchev–Trinajstić information content (AvgIpc) is 2.69. The van der Waals surface area contributed by atoms with Crippen LogP contribution in [0.15, 0.2) is 4.90 Å². The molecular weight excluding hydrogens is 278 g/mol. The molecule has 0 radical (unpaired) electrons. The van der Waals surface area contributed by atoms with Crippen LogP contribution in [-0.2, 0) is 0 Å². The largest absolute Gasteiger partial charge is 0.396 e. The predicted octanol–water partition coefficient (Wildman–Crippen LogP) is 3.26. The summed E-state index contributed by atoms with van der Waals surface area (Å²) in [6.07, 6.45) is 2.90. The topological polar surface area (TPSA) is 67.2 Å². The molecule has 0 aliphatic carbocycles. The van der Waals surface area contributed by atoms with Crippen LogP contribution in [-0.4, -0.2) is 25.3 Å². The lowest BCUT2D eigenvalue weighted by molar-refractivity contribution is 0.0958. The zero-order chi connectivity index (χ0) is 14.4. The molecule has 0 aromatic carbocycles. The third-order valence-electron chi connectivity index (χ3n) is 2.52. The highest BCUT2D eigenvalue weighted by Crippen LogP contribution is 2.41. The summed E-state index contributed by atoms with van der Waals surface area (Å²) in [6, 6.07) is 0. The quantitative estimate of drug-likeness (QED) is 0.676. The van der Waals surface area contributed by atoms with E-state index in [0.717, 1.165) is 22.9 Å². The molecule has 0 bridgehead atoms. The van der Waals surface area contributed by atoms with Crippen LogP contribution in [0.25, 0.3) is 0 Å². The Labute approximate surface area is 123 Å². The van der Waals surface area contributed by atoms with Crippen molar-refractivity contribution < 1.29 is 4.79 Å². The lowest BCUT2D eigenvalue weighted by Crippen LogP contribution is -2.23. The van der Waals surface area contributed by atoms with Gasteiger partial charge in [0.15, 0.2) is 0 Å². The predicted molar refractivity (Wildman–Crippen MR) is 86.5 cm³/mol. The van der Waals surface area contributed by atoms with E-state index >= 15 is 0 Å². The summed E-state index contributed by atoms with van der Waals surface area (Å²) in [7, 11) is 0. The molecule has 4 nitrogen and oxygen atoms in total. The molecule has 0 saturated heterocycles. The zero-order valence-corrected chi connectivity index (χ0v) is 13.6. The van der Waals surface area contributed by atoms with Crippen LogP contribution in [0.4, 0.5) is 10.7 Å². The lowest BCUT2D eigenvalue weighted by atomic mass is 10.2. The maximum atomic E-state index is 12.0. The van der Waals surface area contributed by atoms with Gasteiger partial charge in [-0.05, 0) is 18.6 Å². The first-order chi connectivity index (χ1) is 9.01. The van der Waals surface area contributed by atoms with Crippen molar-refractivity contribution >= 4 is 39.7 Å². The van der Waals surface area contributed by atoms with Gasteiger partial charge in [-0.2, -0.15) is 0 Å². The van der Waals surface area contributed by atoms with Gasteiger partial charge < -0.3 is 16.4 Å². The summed E-state index contributed by atoms with van der Waals surface area (Å²) in [4.78, 5) is 13.6. The number of carbonyl (C=O) groups excluding carboxylic acids is 1. The van der Waals surface area contributed by atoms with Gasteiger partial charge >= 0.3 is 0 Å². The highest BCUT2D eigenvalue weighted by molar-refractivity contribution is 7.99. The molecule has 1 aromatic heterocycles. The van der Waals surface area contributed by atoms with Crippen molar-refractivity contribution in [1.82, 2.24) is 5.32 Å². The van der Waals surface area contributed by atoms with Crippen LogP contribution in [0.2, 0.25) is 0 Å². The molecular formula is C13H23N3OS2. The number of hydrogen-bond donors (Lipinski definition) is 3. The molecule has 0 fully saturated rings. The summed E-state index contributed by atoms with van der Waals surface area (Å²) in [5.41, 5.74) is 6.68. The van der Waals surface area contributed by atoms with Crippen LogP contribution in [0.1, 0.15) is 36.9 Å². The smallest absolute Gasteiger partial charge is 0.263 e. The van der Waals surface area contributed by atoms with Gasteiger partial charge in [-0.25, -0.2) is 0 Å². The molecule has 0 atom stereocenters. The van der Waals surface area contributed by atoms with Crippen LogP contribution in [0.3, 0.4) is 0 Å². The summed E-state index contributed by atoms with van der Waals surface area (Å²) >= 11 is 3.02. The zero-order valence-electron chi connectivity index (χ0n) is 12.0. The number of nitrogens with one attached hydrogen (secondary N) is 2. The van der Waals surface area contributed by atoms with E-state index in [9.17, 15) is 4.79 Å². The summed E-state index contributed by atoms with van der Waals surface area (Å²) in [6.45, 7) is 7.89. The number of anilines is 2. The minimum absolute atomic E-state index is 0.0720. The Hall–Kier alpha value is -0.880. The van der Waals surface area contributed by atoms with E-state index in [1.165, 1.54) is 11.3 Å². The molecule has 19 heavy (non-hydrogen) atoms. The molecule has 0 spiro atoms. The molecule has 108 valence electrons. The molecule has 0 aliphatic rings. The van der Waals surface area contributed by atoms with Crippen LogP contribution in [0, 0.1) is 5.92 Å². The fourth-order valence-corrected chi connectivity index (χ4v) is 3.49. The standard InChI is InChI=1S/C13H23N3OS2/c1-5-6-15-12(17)10-9(14)11(18-4)13(19-10)16-7-8(2)3/h8,16H,5-7,14H2,1-4H3,(H,15,17). The SMILES string of the molecule is CCCNC(=O)c1sc(NCC(C)C)c(SC)c1N. The van der Waals surface area contributed by atoms with E-state index in [-0.39, 0.29) is 5.91 Å². The Morgan fingerprint density at radius 3 is 2.68 bits per heavy atom. The maximum absolute atomic E-state index is 12.0. The molecule has 1 amide bonds.